The Balaban J connectivity index is 1.46. The molecule has 3 heterocycles. The minimum atomic E-state index is -0.479. The van der Waals surface area contributed by atoms with Gasteiger partial charge >= 0.3 is 0 Å². The van der Waals surface area contributed by atoms with Crippen molar-refractivity contribution in [3.8, 4) is 0 Å². The van der Waals surface area contributed by atoms with E-state index in [1.54, 1.807) is 0 Å². The van der Waals surface area contributed by atoms with Gasteiger partial charge in [-0.05, 0) is 26.3 Å². The molecular formula is C19H26N4O2. The molecule has 2 fully saturated rings. The van der Waals surface area contributed by atoms with E-state index in [0.717, 1.165) is 43.5 Å². The number of fused-ring (bicyclic) bond motifs is 1. The lowest BCUT2D eigenvalue weighted by atomic mass is 10.00. The third-order valence-electron chi connectivity index (χ3n) is 5.58. The Hall–Kier alpha value is -1.92. The second kappa shape index (κ2) is 6.42. The Morgan fingerprint density at radius 1 is 1.20 bits per heavy atom. The van der Waals surface area contributed by atoms with Crippen LogP contribution in [0.1, 0.15) is 26.3 Å². The van der Waals surface area contributed by atoms with Crippen molar-refractivity contribution in [1.29, 1.82) is 0 Å². The lowest BCUT2D eigenvalue weighted by Crippen LogP contribution is -2.58. The van der Waals surface area contributed by atoms with Crippen molar-refractivity contribution in [2.75, 3.05) is 39.4 Å². The Kier molecular flexibility index (Phi) is 4.25. The number of benzene rings is 1. The second-order valence-electron chi connectivity index (χ2n) is 7.52. The van der Waals surface area contributed by atoms with E-state index in [4.69, 9.17) is 9.84 Å². The zero-order chi connectivity index (χ0) is 17.4. The van der Waals surface area contributed by atoms with Crippen molar-refractivity contribution >= 4 is 16.8 Å². The first-order valence-corrected chi connectivity index (χ1v) is 9.12. The monoisotopic (exact) mass is 342 g/mol. The van der Waals surface area contributed by atoms with E-state index < -0.39 is 5.54 Å². The third kappa shape index (κ3) is 3.04. The standard InChI is InChI=1S/C19H26N4O2/c1-19(2,22-9-11-25-12-10-22)18(24)21-8-7-16(14-21)23-13-15-5-3-4-6-17(15)20-23/h3-6,13,16H,7-12,14H2,1-2H3. The van der Waals surface area contributed by atoms with Crippen LogP contribution in [0.3, 0.4) is 0 Å². The van der Waals surface area contributed by atoms with E-state index in [0.29, 0.717) is 13.2 Å². The fraction of sp³-hybridized carbons (Fsp3) is 0.579. The average molecular weight is 342 g/mol. The number of rotatable bonds is 3. The molecule has 1 amide bonds. The van der Waals surface area contributed by atoms with Crippen LogP contribution < -0.4 is 0 Å². The van der Waals surface area contributed by atoms with Crippen LogP contribution in [0.2, 0.25) is 0 Å². The Bertz CT molecular complexity index is 731. The molecule has 2 aliphatic rings. The molecule has 0 radical (unpaired) electrons. The number of hydrogen-bond acceptors (Lipinski definition) is 4. The van der Waals surface area contributed by atoms with Crippen molar-refractivity contribution < 1.29 is 9.53 Å². The summed E-state index contributed by atoms with van der Waals surface area (Å²) in [6.07, 6.45) is 3.06. The number of nitrogens with zero attached hydrogens (tertiary/aromatic N) is 4. The van der Waals surface area contributed by atoms with Gasteiger partial charge in [0.25, 0.3) is 0 Å². The summed E-state index contributed by atoms with van der Waals surface area (Å²) in [5.74, 6) is 0.216. The summed E-state index contributed by atoms with van der Waals surface area (Å²) < 4.78 is 7.47. The summed E-state index contributed by atoms with van der Waals surface area (Å²) in [4.78, 5) is 17.4. The molecule has 0 aliphatic carbocycles. The highest BCUT2D eigenvalue weighted by Crippen LogP contribution is 2.27. The Morgan fingerprint density at radius 3 is 2.72 bits per heavy atom. The molecule has 25 heavy (non-hydrogen) atoms. The van der Waals surface area contributed by atoms with Gasteiger partial charge in [-0.15, -0.1) is 0 Å². The molecule has 0 saturated carbocycles. The highest BCUT2D eigenvalue weighted by molar-refractivity contribution is 5.86. The van der Waals surface area contributed by atoms with Crippen molar-refractivity contribution in [3.05, 3.63) is 30.5 Å². The van der Waals surface area contributed by atoms with Crippen LogP contribution in [-0.2, 0) is 9.53 Å². The first-order valence-electron chi connectivity index (χ1n) is 9.12. The highest BCUT2D eigenvalue weighted by atomic mass is 16.5. The molecule has 1 aromatic heterocycles. The zero-order valence-corrected chi connectivity index (χ0v) is 15.0. The minimum absolute atomic E-state index is 0.216. The van der Waals surface area contributed by atoms with Crippen LogP contribution in [0.15, 0.2) is 30.5 Å². The Morgan fingerprint density at radius 2 is 1.96 bits per heavy atom. The number of aromatic nitrogens is 2. The van der Waals surface area contributed by atoms with Crippen LogP contribution in [0, 0.1) is 0 Å². The normalized spacial score (nSPS) is 22.6. The van der Waals surface area contributed by atoms with Crippen molar-refractivity contribution in [3.63, 3.8) is 0 Å². The molecule has 0 bridgehead atoms. The quantitative estimate of drug-likeness (QED) is 0.855. The van der Waals surface area contributed by atoms with E-state index in [-0.39, 0.29) is 11.9 Å². The summed E-state index contributed by atoms with van der Waals surface area (Å²) >= 11 is 0. The van der Waals surface area contributed by atoms with Crippen LogP contribution >= 0.6 is 0 Å². The molecule has 1 aromatic carbocycles. The summed E-state index contributed by atoms with van der Waals surface area (Å²) in [5.41, 5.74) is 0.536. The molecule has 0 spiro atoms. The molecule has 134 valence electrons. The predicted molar refractivity (Wildman–Crippen MR) is 96.4 cm³/mol. The number of ether oxygens (including phenoxy) is 1. The summed E-state index contributed by atoms with van der Waals surface area (Å²) in [5, 5.41) is 5.85. The third-order valence-corrected chi connectivity index (χ3v) is 5.58. The first kappa shape index (κ1) is 16.5. The number of likely N-dealkylation sites (tertiary alicyclic amines) is 1. The number of amides is 1. The van der Waals surface area contributed by atoms with Gasteiger partial charge in [0.1, 0.15) is 0 Å². The van der Waals surface area contributed by atoms with Crippen LogP contribution in [-0.4, -0.2) is 70.4 Å². The molecule has 2 aliphatic heterocycles. The van der Waals surface area contributed by atoms with Gasteiger partial charge < -0.3 is 9.64 Å². The molecule has 4 rings (SSSR count). The van der Waals surface area contributed by atoms with E-state index in [1.807, 2.05) is 41.6 Å². The number of carbonyl (C=O) groups excluding carboxylic acids is 1. The number of carbonyl (C=O) groups is 1. The predicted octanol–water partition coefficient (Wildman–Crippen LogP) is 1.92. The van der Waals surface area contributed by atoms with Gasteiger partial charge in [0.2, 0.25) is 5.91 Å². The van der Waals surface area contributed by atoms with Gasteiger partial charge in [-0.3, -0.25) is 14.4 Å². The zero-order valence-electron chi connectivity index (χ0n) is 15.0. The molecule has 0 N–H and O–H groups in total. The van der Waals surface area contributed by atoms with Crippen LogP contribution in [0.4, 0.5) is 0 Å². The number of hydrogen-bond donors (Lipinski definition) is 0. The fourth-order valence-electron chi connectivity index (χ4n) is 3.96. The SMILES string of the molecule is CC(C)(C(=O)N1CCC(n2cc3ccccc3n2)C1)N1CCOCC1. The van der Waals surface area contributed by atoms with Crippen molar-refractivity contribution in [1.82, 2.24) is 19.6 Å². The second-order valence-corrected chi connectivity index (χ2v) is 7.52. The lowest BCUT2D eigenvalue weighted by molar-refractivity contribution is -0.144. The summed E-state index contributed by atoms with van der Waals surface area (Å²) in [6, 6.07) is 8.42. The highest BCUT2D eigenvalue weighted by Gasteiger charge is 2.41. The molecule has 1 atom stereocenters. The van der Waals surface area contributed by atoms with Crippen molar-refractivity contribution in [2.45, 2.75) is 31.8 Å². The smallest absolute Gasteiger partial charge is 0.242 e. The maximum Gasteiger partial charge on any atom is 0.242 e. The van der Waals surface area contributed by atoms with Gasteiger partial charge in [-0.25, -0.2) is 0 Å². The molecule has 1 unspecified atom stereocenters. The minimum Gasteiger partial charge on any atom is -0.379 e. The number of morpholine rings is 1. The van der Waals surface area contributed by atoms with E-state index in [2.05, 4.69) is 17.2 Å². The van der Waals surface area contributed by atoms with E-state index >= 15 is 0 Å². The lowest BCUT2D eigenvalue weighted by Gasteiger charge is -2.41. The summed E-state index contributed by atoms with van der Waals surface area (Å²) in [6.45, 7) is 8.67. The fourth-order valence-corrected chi connectivity index (χ4v) is 3.96. The maximum atomic E-state index is 13.1. The van der Waals surface area contributed by atoms with Crippen LogP contribution in [0.5, 0.6) is 0 Å². The van der Waals surface area contributed by atoms with Crippen molar-refractivity contribution in [2.24, 2.45) is 0 Å². The molecule has 6 nitrogen and oxygen atoms in total. The van der Waals surface area contributed by atoms with Gasteiger partial charge in [-0.1, -0.05) is 18.2 Å². The van der Waals surface area contributed by atoms with E-state index in [9.17, 15) is 4.79 Å². The van der Waals surface area contributed by atoms with Gasteiger partial charge in [-0.2, -0.15) is 5.10 Å². The molecule has 6 heteroatoms. The topological polar surface area (TPSA) is 50.6 Å². The summed E-state index contributed by atoms with van der Waals surface area (Å²) in [7, 11) is 0. The van der Waals surface area contributed by atoms with Gasteiger partial charge in [0.05, 0.1) is 30.3 Å². The molecule has 2 aromatic rings. The molecule has 2 saturated heterocycles. The average Bonchev–Trinajstić information content (AvgIpc) is 3.28. The van der Waals surface area contributed by atoms with Gasteiger partial charge in [0, 0.05) is 37.8 Å². The van der Waals surface area contributed by atoms with E-state index in [1.165, 1.54) is 0 Å². The Labute approximate surface area is 148 Å². The maximum absolute atomic E-state index is 13.1. The van der Waals surface area contributed by atoms with Gasteiger partial charge in [0.15, 0.2) is 0 Å². The largest absolute Gasteiger partial charge is 0.379 e. The van der Waals surface area contributed by atoms with Crippen LogP contribution in [0.25, 0.3) is 10.9 Å². The molecular weight excluding hydrogens is 316 g/mol. The first-order chi connectivity index (χ1) is 12.1.